The van der Waals surface area contributed by atoms with Crippen LogP contribution in [-0.2, 0) is 17.7 Å². The number of hydrogen-bond acceptors (Lipinski definition) is 6. The average Bonchev–Trinajstić information content (AvgIpc) is 2.36. The monoisotopic (exact) mass is 232 g/mol. The summed E-state index contributed by atoms with van der Waals surface area (Å²) in [6.07, 6.45) is 0.690. The quantitative estimate of drug-likeness (QED) is 0.659. The van der Waals surface area contributed by atoms with Gasteiger partial charge in [0, 0.05) is 30.8 Å². The lowest BCUT2D eigenvalue weighted by molar-refractivity contribution is 0.0598. The first-order valence-corrected chi connectivity index (χ1v) is 5.19. The number of esters is 1. The molecule has 0 saturated carbocycles. The summed E-state index contributed by atoms with van der Waals surface area (Å²) in [5, 5.41) is 12.2. The number of rotatable bonds is 1. The standard InChI is InChI=1S/C11H12N4O2/c1-17-11(16)9-6(4-12)10(13)15-8-2-3-14-5-7(8)9/h14H,2-3,5H2,1H3,(H2,13,15). The van der Waals surface area contributed by atoms with Crippen molar-refractivity contribution in [1.82, 2.24) is 10.3 Å². The Morgan fingerprint density at radius 3 is 3.06 bits per heavy atom. The Hall–Kier alpha value is -2.13. The normalized spacial score (nSPS) is 13.6. The van der Waals surface area contributed by atoms with Gasteiger partial charge in [0.05, 0.1) is 12.7 Å². The van der Waals surface area contributed by atoms with Gasteiger partial charge in [-0.1, -0.05) is 0 Å². The van der Waals surface area contributed by atoms with E-state index in [1.165, 1.54) is 7.11 Å². The first-order chi connectivity index (χ1) is 8.19. The molecule has 1 aliphatic heterocycles. The summed E-state index contributed by atoms with van der Waals surface area (Å²) in [6.45, 7) is 1.29. The van der Waals surface area contributed by atoms with Crippen molar-refractivity contribution < 1.29 is 9.53 Å². The first kappa shape index (κ1) is 11.4. The molecule has 6 heteroatoms. The number of nitrogens with two attached hydrogens (primary N) is 1. The van der Waals surface area contributed by atoms with Crippen molar-refractivity contribution in [2.45, 2.75) is 13.0 Å². The van der Waals surface area contributed by atoms with Crippen molar-refractivity contribution in [1.29, 1.82) is 5.26 Å². The van der Waals surface area contributed by atoms with Crippen molar-refractivity contribution in [2.24, 2.45) is 0 Å². The van der Waals surface area contributed by atoms with E-state index >= 15 is 0 Å². The molecule has 1 aromatic rings. The molecule has 1 aliphatic rings. The van der Waals surface area contributed by atoms with Crippen molar-refractivity contribution in [3.63, 3.8) is 0 Å². The summed E-state index contributed by atoms with van der Waals surface area (Å²) in [5.74, 6) is -0.454. The lowest BCUT2D eigenvalue weighted by atomic mass is 9.97. The number of nitrogen functional groups attached to an aromatic ring is 1. The van der Waals surface area contributed by atoms with E-state index < -0.39 is 5.97 Å². The second-order valence-electron chi connectivity index (χ2n) is 3.70. The zero-order chi connectivity index (χ0) is 12.4. The molecule has 3 N–H and O–H groups in total. The largest absolute Gasteiger partial charge is 0.465 e. The highest BCUT2D eigenvalue weighted by Crippen LogP contribution is 2.24. The number of carbonyl (C=O) groups is 1. The zero-order valence-corrected chi connectivity index (χ0v) is 9.41. The maximum atomic E-state index is 11.7. The highest BCUT2D eigenvalue weighted by atomic mass is 16.5. The Morgan fingerprint density at radius 2 is 2.41 bits per heavy atom. The molecule has 0 unspecified atom stereocenters. The van der Waals surface area contributed by atoms with E-state index in [9.17, 15) is 4.79 Å². The van der Waals surface area contributed by atoms with Crippen LogP contribution in [-0.4, -0.2) is 24.6 Å². The van der Waals surface area contributed by atoms with Gasteiger partial charge in [0.2, 0.25) is 0 Å². The Labute approximate surface area is 98.4 Å². The van der Waals surface area contributed by atoms with Crippen LogP contribution in [0.4, 0.5) is 5.82 Å². The smallest absolute Gasteiger partial charge is 0.339 e. The zero-order valence-electron chi connectivity index (χ0n) is 9.41. The van der Waals surface area contributed by atoms with E-state index in [-0.39, 0.29) is 16.9 Å². The first-order valence-electron chi connectivity index (χ1n) is 5.19. The summed E-state index contributed by atoms with van der Waals surface area (Å²) < 4.78 is 4.70. The summed E-state index contributed by atoms with van der Waals surface area (Å²) >= 11 is 0. The predicted octanol–water partition coefficient (Wildman–Crippen LogP) is -0.0322. The van der Waals surface area contributed by atoms with Gasteiger partial charge in [0.25, 0.3) is 0 Å². The van der Waals surface area contributed by atoms with Crippen LogP contribution in [0.5, 0.6) is 0 Å². The molecule has 0 saturated heterocycles. The molecule has 17 heavy (non-hydrogen) atoms. The summed E-state index contributed by atoms with van der Waals surface area (Å²) in [6, 6.07) is 1.91. The Bertz CT molecular complexity index is 519. The molecular formula is C11H12N4O2. The van der Waals surface area contributed by atoms with Gasteiger partial charge in [-0.15, -0.1) is 0 Å². The molecule has 0 aliphatic carbocycles. The van der Waals surface area contributed by atoms with Crippen molar-refractivity contribution >= 4 is 11.8 Å². The fraction of sp³-hybridized carbons (Fsp3) is 0.364. The fourth-order valence-corrected chi connectivity index (χ4v) is 1.95. The van der Waals surface area contributed by atoms with Crippen molar-refractivity contribution in [2.75, 3.05) is 19.4 Å². The Balaban J connectivity index is 2.71. The molecule has 0 bridgehead atoms. The van der Waals surface area contributed by atoms with E-state index in [2.05, 4.69) is 10.3 Å². The molecular weight excluding hydrogens is 220 g/mol. The minimum Gasteiger partial charge on any atom is -0.465 e. The van der Waals surface area contributed by atoms with E-state index in [0.29, 0.717) is 18.5 Å². The molecule has 1 aromatic heterocycles. The third-order valence-corrected chi connectivity index (χ3v) is 2.75. The number of nitrogens with zero attached hydrogens (tertiary/aromatic N) is 2. The highest BCUT2D eigenvalue weighted by molar-refractivity contribution is 5.95. The van der Waals surface area contributed by atoms with E-state index in [0.717, 1.165) is 12.2 Å². The lowest BCUT2D eigenvalue weighted by Gasteiger charge is -2.20. The van der Waals surface area contributed by atoms with Gasteiger partial charge in [-0.3, -0.25) is 0 Å². The minimum atomic E-state index is -0.546. The fourth-order valence-electron chi connectivity index (χ4n) is 1.95. The van der Waals surface area contributed by atoms with Gasteiger partial charge in [0.15, 0.2) is 0 Å². The molecule has 0 fully saturated rings. The Kier molecular flexibility index (Phi) is 2.93. The van der Waals surface area contributed by atoms with E-state index in [1.807, 2.05) is 6.07 Å². The second kappa shape index (κ2) is 4.39. The molecule has 6 nitrogen and oxygen atoms in total. The van der Waals surface area contributed by atoms with Crippen LogP contribution < -0.4 is 11.1 Å². The predicted molar refractivity (Wildman–Crippen MR) is 60.1 cm³/mol. The van der Waals surface area contributed by atoms with Crippen LogP contribution in [0, 0.1) is 11.3 Å². The lowest BCUT2D eigenvalue weighted by Crippen LogP contribution is -2.28. The number of methoxy groups -OCH3 is 1. The molecule has 2 heterocycles. The minimum absolute atomic E-state index is 0.0913. The average molecular weight is 232 g/mol. The van der Waals surface area contributed by atoms with Crippen LogP contribution in [0.2, 0.25) is 0 Å². The van der Waals surface area contributed by atoms with Gasteiger partial charge in [0.1, 0.15) is 17.5 Å². The van der Waals surface area contributed by atoms with E-state index in [1.54, 1.807) is 0 Å². The third kappa shape index (κ3) is 1.81. The van der Waals surface area contributed by atoms with Crippen molar-refractivity contribution in [3.05, 3.63) is 22.4 Å². The number of aromatic nitrogens is 1. The van der Waals surface area contributed by atoms with Crippen molar-refractivity contribution in [3.8, 4) is 6.07 Å². The number of pyridine rings is 1. The SMILES string of the molecule is COC(=O)c1c(C#N)c(N)nc2c1CNCC2. The maximum absolute atomic E-state index is 11.7. The highest BCUT2D eigenvalue weighted by Gasteiger charge is 2.25. The number of carbonyl (C=O) groups excluding carboxylic acids is 1. The van der Waals surface area contributed by atoms with Gasteiger partial charge < -0.3 is 15.8 Å². The number of ether oxygens (including phenoxy) is 1. The molecule has 2 rings (SSSR count). The maximum Gasteiger partial charge on any atom is 0.339 e. The van der Waals surface area contributed by atoms with Crippen LogP contribution >= 0.6 is 0 Å². The topological polar surface area (TPSA) is 101 Å². The molecule has 0 amide bonds. The third-order valence-electron chi connectivity index (χ3n) is 2.75. The Morgan fingerprint density at radius 1 is 1.65 bits per heavy atom. The number of anilines is 1. The molecule has 0 radical (unpaired) electrons. The van der Waals surface area contributed by atoms with Gasteiger partial charge in [-0.2, -0.15) is 5.26 Å². The molecule has 0 spiro atoms. The van der Waals surface area contributed by atoms with Gasteiger partial charge in [-0.05, 0) is 0 Å². The van der Waals surface area contributed by atoms with Crippen LogP contribution in [0.3, 0.4) is 0 Å². The van der Waals surface area contributed by atoms with Crippen LogP contribution in [0.25, 0.3) is 0 Å². The van der Waals surface area contributed by atoms with Crippen LogP contribution in [0.15, 0.2) is 0 Å². The molecule has 88 valence electrons. The van der Waals surface area contributed by atoms with E-state index in [4.69, 9.17) is 15.7 Å². The number of nitriles is 1. The summed E-state index contributed by atoms with van der Waals surface area (Å²) in [5.41, 5.74) is 7.50. The number of hydrogen-bond donors (Lipinski definition) is 2. The molecule has 0 atom stereocenters. The number of nitrogens with one attached hydrogen (secondary N) is 1. The summed E-state index contributed by atoms with van der Waals surface area (Å²) in [7, 11) is 1.28. The van der Waals surface area contributed by atoms with Crippen LogP contribution in [0.1, 0.15) is 27.2 Å². The van der Waals surface area contributed by atoms with Gasteiger partial charge >= 0.3 is 5.97 Å². The second-order valence-corrected chi connectivity index (χ2v) is 3.70. The van der Waals surface area contributed by atoms with Gasteiger partial charge in [-0.25, -0.2) is 9.78 Å². The molecule has 0 aromatic carbocycles. The summed E-state index contributed by atoms with van der Waals surface area (Å²) in [4.78, 5) is 15.9. The number of fused-ring (bicyclic) bond motifs is 1.